The minimum atomic E-state index is -0.594. The van der Waals surface area contributed by atoms with Crippen LogP contribution in [0.15, 0.2) is 24.3 Å². The van der Waals surface area contributed by atoms with Crippen LogP contribution in [0.5, 0.6) is 0 Å². The first-order valence-corrected chi connectivity index (χ1v) is 7.85. The summed E-state index contributed by atoms with van der Waals surface area (Å²) >= 11 is 0. The minimum Gasteiger partial charge on any atom is -0.391 e. The number of amides is 2. The molecule has 0 fully saturated rings. The van der Waals surface area contributed by atoms with Gasteiger partial charge in [-0.2, -0.15) is 0 Å². The lowest BCUT2D eigenvalue weighted by Crippen LogP contribution is -2.42. The molecule has 0 bridgehead atoms. The van der Waals surface area contributed by atoms with E-state index in [0.29, 0.717) is 12.0 Å². The number of carbonyl (C=O) groups excluding carboxylic acids is 1. The molecule has 0 aliphatic heterocycles. The molecule has 3 atom stereocenters. The van der Waals surface area contributed by atoms with E-state index in [4.69, 9.17) is 0 Å². The summed E-state index contributed by atoms with van der Waals surface area (Å²) in [5.41, 5.74) is 0.676. The smallest absolute Gasteiger partial charge is 0.315 e. The van der Waals surface area contributed by atoms with E-state index in [0.717, 1.165) is 6.42 Å². The first-order valence-electron chi connectivity index (χ1n) is 7.85. The van der Waals surface area contributed by atoms with Gasteiger partial charge in [-0.15, -0.1) is 0 Å². The summed E-state index contributed by atoms with van der Waals surface area (Å²) in [6.45, 7) is 5.95. The van der Waals surface area contributed by atoms with Crippen LogP contribution in [0.1, 0.15) is 45.2 Å². The van der Waals surface area contributed by atoms with Crippen LogP contribution in [0.25, 0.3) is 0 Å². The van der Waals surface area contributed by atoms with E-state index in [2.05, 4.69) is 10.6 Å². The van der Waals surface area contributed by atoms with Gasteiger partial charge in [0.1, 0.15) is 0 Å². The first kappa shape index (κ1) is 18.9. The van der Waals surface area contributed by atoms with Crippen LogP contribution in [0, 0.1) is 16.0 Å². The van der Waals surface area contributed by atoms with Crippen LogP contribution >= 0.6 is 0 Å². The predicted molar refractivity (Wildman–Crippen MR) is 88.1 cm³/mol. The number of carbonyl (C=O) groups is 1. The highest BCUT2D eigenvalue weighted by molar-refractivity contribution is 5.74. The highest BCUT2D eigenvalue weighted by atomic mass is 16.6. The van der Waals surface area contributed by atoms with E-state index in [1.54, 1.807) is 12.1 Å². The van der Waals surface area contributed by atoms with Crippen LogP contribution in [0.3, 0.4) is 0 Å². The van der Waals surface area contributed by atoms with Crippen LogP contribution in [-0.2, 0) is 0 Å². The quantitative estimate of drug-likeness (QED) is 0.505. The Morgan fingerprint density at radius 2 is 2.04 bits per heavy atom. The maximum Gasteiger partial charge on any atom is 0.315 e. The molecule has 2 amide bonds. The number of nitro benzene ring substituents is 1. The molecule has 3 N–H and O–H groups in total. The van der Waals surface area contributed by atoms with E-state index in [1.165, 1.54) is 12.1 Å². The highest BCUT2D eigenvalue weighted by Crippen LogP contribution is 2.21. The molecule has 0 saturated carbocycles. The molecule has 1 rings (SSSR count). The van der Waals surface area contributed by atoms with Gasteiger partial charge in [0.2, 0.25) is 0 Å². The molecule has 1 aromatic rings. The van der Waals surface area contributed by atoms with Crippen molar-refractivity contribution in [3.05, 3.63) is 39.9 Å². The van der Waals surface area contributed by atoms with Gasteiger partial charge in [0, 0.05) is 18.7 Å². The van der Waals surface area contributed by atoms with Crippen molar-refractivity contribution in [3.63, 3.8) is 0 Å². The summed E-state index contributed by atoms with van der Waals surface area (Å²) in [5, 5.41) is 26.1. The number of aliphatic hydroxyl groups is 1. The van der Waals surface area contributed by atoms with Gasteiger partial charge in [-0.1, -0.05) is 39.3 Å². The number of urea groups is 1. The van der Waals surface area contributed by atoms with Gasteiger partial charge in [-0.05, 0) is 17.9 Å². The first-order chi connectivity index (χ1) is 10.9. The lowest BCUT2D eigenvalue weighted by molar-refractivity contribution is -0.384. The zero-order chi connectivity index (χ0) is 17.4. The normalized spacial score (nSPS) is 14.6. The van der Waals surface area contributed by atoms with Crippen molar-refractivity contribution in [1.82, 2.24) is 10.6 Å². The Morgan fingerprint density at radius 1 is 1.35 bits per heavy atom. The van der Waals surface area contributed by atoms with Crippen molar-refractivity contribution in [1.29, 1.82) is 0 Å². The molecule has 7 nitrogen and oxygen atoms in total. The topological polar surface area (TPSA) is 104 Å². The number of benzene rings is 1. The molecule has 0 aliphatic rings. The molecule has 7 heteroatoms. The molecule has 0 aromatic heterocycles. The van der Waals surface area contributed by atoms with Gasteiger partial charge in [0.15, 0.2) is 0 Å². The fourth-order valence-corrected chi connectivity index (χ4v) is 2.16. The van der Waals surface area contributed by atoms with E-state index < -0.39 is 17.1 Å². The SMILES string of the molecule is CCC(NC(=O)NCC(O)C(C)CC)c1cccc([N+](=O)[O-])c1. The standard InChI is InChI=1S/C16H25N3O4/c1-4-11(3)15(20)10-17-16(21)18-14(5-2)12-7-6-8-13(9-12)19(22)23/h6-9,11,14-15,20H,4-5,10H2,1-3H3,(H2,17,18,21). The van der Waals surface area contributed by atoms with Crippen LogP contribution in [0.2, 0.25) is 0 Å². The van der Waals surface area contributed by atoms with E-state index in [9.17, 15) is 20.0 Å². The molecule has 0 heterocycles. The van der Waals surface area contributed by atoms with E-state index in [1.807, 2.05) is 20.8 Å². The molecule has 0 spiro atoms. The van der Waals surface area contributed by atoms with Gasteiger partial charge in [0.05, 0.1) is 17.1 Å². The Hall–Kier alpha value is -2.15. The zero-order valence-corrected chi connectivity index (χ0v) is 13.8. The summed E-state index contributed by atoms with van der Waals surface area (Å²) < 4.78 is 0. The van der Waals surface area contributed by atoms with Crippen molar-refractivity contribution in [2.24, 2.45) is 5.92 Å². The van der Waals surface area contributed by atoms with Gasteiger partial charge in [-0.3, -0.25) is 10.1 Å². The molecule has 0 saturated heterocycles. The van der Waals surface area contributed by atoms with Crippen LogP contribution in [0.4, 0.5) is 10.5 Å². The van der Waals surface area contributed by atoms with E-state index in [-0.39, 0.29) is 24.2 Å². The average molecular weight is 323 g/mol. The third kappa shape index (κ3) is 5.86. The third-order valence-electron chi connectivity index (χ3n) is 3.97. The monoisotopic (exact) mass is 323 g/mol. The number of rotatable bonds is 8. The number of aliphatic hydroxyl groups excluding tert-OH is 1. The van der Waals surface area contributed by atoms with Gasteiger partial charge >= 0.3 is 6.03 Å². The van der Waals surface area contributed by atoms with Crippen molar-refractivity contribution in [2.75, 3.05) is 6.54 Å². The maximum atomic E-state index is 12.0. The second kappa shape index (κ2) is 9.09. The largest absolute Gasteiger partial charge is 0.391 e. The fourth-order valence-electron chi connectivity index (χ4n) is 2.16. The molecule has 23 heavy (non-hydrogen) atoms. The number of hydrogen-bond acceptors (Lipinski definition) is 4. The lowest BCUT2D eigenvalue weighted by Gasteiger charge is -2.20. The molecule has 128 valence electrons. The van der Waals surface area contributed by atoms with Gasteiger partial charge in [-0.25, -0.2) is 4.79 Å². The molecular formula is C16H25N3O4. The van der Waals surface area contributed by atoms with Gasteiger partial charge in [0.25, 0.3) is 5.69 Å². The van der Waals surface area contributed by atoms with Crippen molar-refractivity contribution in [2.45, 2.75) is 45.8 Å². The Labute approximate surface area is 136 Å². The number of nitro groups is 1. The van der Waals surface area contributed by atoms with Gasteiger partial charge < -0.3 is 15.7 Å². The summed E-state index contributed by atoms with van der Waals surface area (Å²) in [6, 6.07) is 5.50. The van der Waals surface area contributed by atoms with Crippen LogP contribution in [-0.4, -0.2) is 28.7 Å². The fraction of sp³-hybridized carbons (Fsp3) is 0.562. The minimum absolute atomic E-state index is 0.00430. The second-order valence-corrected chi connectivity index (χ2v) is 5.62. The van der Waals surface area contributed by atoms with Crippen molar-refractivity contribution < 1.29 is 14.8 Å². The summed E-state index contributed by atoms with van der Waals surface area (Å²) in [4.78, 5) is 22.3. The molecule has 0 radical (unpaired) electrons. The summed E-state index contributed by atoms with van der Waals surface area (Å²) in [7, 11) is 0. The predicted octanol–water partition coefficient (Wildman–Crippen LogP) is 2.75. The Morgan fingerprint density at radius 3 is 2.61 bits per heavy atom. The van der Waals surface area contributed by atoms with Crippen LogP contribution < -0.4 is 10.6 Å². The summed E-state index contributed by atoms with van der Waals surface area (Å²) in [6.07, 6.45) is 0.835. The Balaban J connectivity index is 2.64. The average Bonchev–Trinajstić information content (AvgIpc) is 2.56. The zero-order valence-electron chi connectivity index (χ0n) is 13.8. The Kier molecular flexibility index (Phi) is 7.47. The lowest BCUT2D eigenvalue weighted by atomic mass is 10.0. The number of nitrogens with one attached hydrogen (secondary N) is 2. The van der Waals surface area contributed by atoms with Crippen molar-refractivity contribution >= 4 is 11.7 Å². The van der Waals surface area contributed by atoms with Crippen molar-refractivity contribution in [3.8, 4) is 0 Å². The number of nitrogens with zero attached hydrogens (tertiary/aromatic N) is 1. The third-order valence-corrected chi connectivity index (χ3v) is 3.97. The molecule has 1 aromatic carbocycles. The molecular weight excluding hydrogens is 298 g/mol. The Bertz CT molecular complexity index is 536. The second-order valence-electron chi connectivity index (χ2n) is 5.62. The maximum absolute atomic E-state index is 12.0. The number of non-ortho nitro benzene ring substituents is 1. The number of hydrogen-bond donors (Lipinski definition) is 3. The molecule has 3 unspecified atom stereocenters. The highest BCUT2D eigenvalue weighted by Gasteiger charge is 2.17. The van der Waals surface area contributed by atoms with E-state index >= 15 is 0 Å². The molecule has 0 aliphatic carbocycles. The summed E-state index contributed by atoms with van der Waals surface area (Å²) in [5.74, 6) is 0.106.